The van der Waals surface area contributed by atoms with Crippen LogP contribution in [0.15, 0.2) is 6.07 Å². The summed E-state index contributed by atoms with van der Waals surface area (Å²) in [4.78, 5) is 0. The molecule has 0 spiro atoms. The Bertz CT molecular complexity index is 380. The summed E-state index contributed by atoms with van der Waals surface area (Å²) in [6.07, 6.45) is 3.15. The maximum atomic E-state index is 13.4. The third kappa shape index (κ3) is 3.37. The van der Waals surface area contributed by atoms with E-state index < -0.39 is 29.0 Å². The highest BCUT2D eigenvalue weighted by molar-refractivity contribution is 5.48. The summed E-state index contributed by atoms with van der Waals surface area (Å²) in [6.45, 7) is 3.84. The summed E-state index contributed by atoms with van der Waals surface area (Å²) in [5.74, 6) is -5.52. The first-order chi connectivity index (χ1) is 8.51. The van der Waals surface area contributed by atoms with Crippen molar-refractivity contribution in [2.75, 3.05) is 5.32 Å². The predicted molar refractivity (Wildman–Crippen MR) is 63.5 cm³/mol. The van der Waals surface area contributed by atoms with Crippen LogP contribution in [0.2, 0.25) is 0 Å². The molecule has 0 aliphatic carbocycles. The molecule has 1 nitrogen and oxygen atoms in total. The minimum absolute atomic E-state index is 0.199. The molecule has 1 unspecified atom stereocenters. The number of rotatable bonds is 6. The zero-order chi connectivity index (χ0) is 13.7. The number of hydrogen-bond acceptors (Lipinski definition) is 1. The van der Waals surface area contributed by atoms with E-state index in [1.807, 2.05) is 13.8 Å². The first-order valence-corrected chi connectivity index (χ1v) is 6.10. The highest BCUT2D eigenvalue weighted by atomic mass is 19.2. The molecule has 0 bridgehead atoms. The van der Waals surface area contributed by atoms with E-state index >= 15 is 0 Å². The Balaban J connectivity index is 2.94. The van der Waals surface area contributed by atoms with E-state index in [0.717, 1.165) is 12.8 Å². The Morgan fingerprint density at radius 3 is 2.06 bits per heavy atom. The van der Waals surface area contributed by atoms with E-state index in [-0.39, 0.29) is 12.1 Å². The van der Waals surface area contributed by atoms with Crippen molar-refractivity contribution in [3.05, 3.63) is 29.3 Å². The fourth-order valence-corrected chi connectivity index (χ4v) is 1.73. The maximum absolute atomic E-state index is 13.4. The smallest absolute Gasteiger partial charge is 0.185 e. The number of hydrogen-bond donors (Lipinski definition) is 1. The largest absolute Gasteiger partial charge is 0.377 e. The van der Waals surface area contributed by atoms with E-state index in [1.165, 1.54) is 0 Å². The van der Waals surface area contributed by atoms with Gasteiger partial charge in [-0.2, -0.15) is 0 Å². The van der Waals surface area contributed by atoms with Crippen LogP contribution in [0, 0.1) is 23.3 Å². The highest BCUT2D eigenvalue weighted by Crippen LogP contribution is 2.26. The van der Waals surface area contributed by atoms with Gasteiger partial charge in [-0.3, -0.25) is 0 Å². The molecule has 0 saturated carbocycles. The average molecular weight is 263 g/mol. The van der Waals surface area contributed by atoms with Crippen LogP contribution in [0.25, 0.3) is 0 Å². The van der Waals surface area contributed by atoms with Crippen LogP contribution in [-0.2, 0) is 0 Å². The lowest BCUT2D eigenvalue weighted by Crippen LogP contribution is -2.21. The van der Waals surface area contributed by atoms with Gasteiger partial charge in [0.15, 0.2) is 23.3 Å². The third-order valence-electron chi connectivity index (χ3n) is 2.86. The van der Waals surface area contributed by atoms with Crippen molar-refractivity contribution in [1.82, 2.24) is 0 Å². The molecule has 0 heterocycles. The van der Waals surface area contributed by atoms with E-state index in [9.17, 15) is 17.6 Å². The molecule has 102 valence electrons. The molecule has 1 rings (SSSR count). The Morgan fingerprint density at radius 1 is 1.06 bits per heavy atom. The number of nitrogens with one attached hydrogen (secondary N) is 1. The molecule has 1 aromatic rings. The quantitative estimate of drug-likeness (QED) is 0.583. The zero-order valence-electron chi connectivity index (χ0n) is 10.5. The van der Waals surface area contributed by atoms with Gasteiger partial charge in [0, 0.05) is 12.1 Å². The van der Waals surface area contributed by atoms with Gasteiger partial charge in [0.05, 0.1) is 0 Å². The van der Waals surface area contributed by atoms with Crippen LogP contribution in [0.3, 0.4) is 0 Å². The van der Waals surface area contributed by atoms with Gasteiger partial charge < -0.3 is 5.32 Å². The van der Waals surface area contributed by atoms with Gasteiger partial charge in [-0.25, -0.2) is 17.6 Å². The van der Waals surface area contributed by atoms with Crippen molar-refractivity contribution in [2.45, 2.75) is 45.6 Å². The fourth-order valence-electron chi connectivity index (χ4n) is 1.73. The number of unbranched alkanes of at least 4 members (excludes halogenated alkanes) is 1. The number of anilines is 1. The lowest BCUT2D eigenvalue weighted by molar-refractivity contribution is 0.454. The second-order valence-corrected chi connectivity index (χ2v) is 4.23. The van der Waals surface area contributed by atoms with Gasteiger partial charge in [0.1, 0.15) is 5.69 Å². The van der Waals surface area contributed by atoms with E-state index in [2.05, 4.69) is 5.32 Å². The molecular formula is C13H17F4N. The molecule has 0 aliphatic rings. The fraction of sp³-hybridized carbons (Fsp3) is 0.538. The molecule has 0 amide bonds. The minimum atomic E-state index is -1.39. The molecule has 18 heavy (non-hydrogen) atoms. The second kappa shape index (κ2) is 6.61. The Kier molecular flexibility index (Phi) is 5.44. The summed E-state index contributed by atoms with van der Waals surface area (Å²) < 4.78 is 52.8. The minimum Gasteiger partial charge on any atom is -0.377 e. The van der Waals surface area contributed by atoms with Crippen molar-refractivity contribution in [1.29, 1.82) is 0 Å². The summed E-state index contributed by atoms with van der Waals surface area (Å²) in [5.41, 5.74) is -0.713. The van der Waals surface area contributed by atoms with E-state index in [1.54, 1.807) is 0 Å². The summed E-state index contributed by atoms with van der Waals surface area (Å²) in [5, 5.41) is 2.55. The highest BCUT2D eigenvalue weighted by Gasteiger charge is 2.20. The van der Waals surface area contributed by atoms with Gasteiger partial charge in [0.2, 0.25) is 0 Å². The lowest BCUT2D eigenvalue weighted by Gasteiger charge is -2.19. The van der Waals surface area contributed by atoms with Crippen molar-refractivity contribution < 1.29 is 17.6 Å². The SMILES string of the molecule is CCCCC(CC)Nc1c(F)c(F)cc(F)c1F. The molecule has 1 N–H and O–H groups in total. The maximum Gasteiger partial charge on any atom is 0.185 e. The van der Waals surface area contributed by atoms with Crippen molar-refractivity contribution in [3.8, 4) is 0 Å². The molecule has 0 aromatic heterocycles. The molecule has 0 fully saturated rings. The zero-order valence-corrected chi connectivity index (χ0v) is 10.5. The number of halogens is 4. The molecular weight excluding hydrogens is 246 g/mol. The lowest BCUT2D eigenvalue weighted by atomic mass is 10.1. The van der Waals surface area contributed by atoms with E-state index in [4.69, 9.17) is 0 Å². The van der Waals surface area contributed by atoms with Gasteiger partial charge in [-0.05, 0) is 12.8 Å². The molecule has 0 saturated heterocycles. The monoisotopic (exact) mass is 263 g/mol. The first-order valence-electron chi connectivity index (χ1n) is 6.10. The Hall–Kier alpha value is -1.26. The topological polar surface area (TPSA) is 12.0 Å². The van der Waals surface area contributed by atoms with Crippen LogP contribution >= 0.6 is 0 Å². The number of benzene rings is 1. The van der Waals surface area contributed by atoms with Crippen molar-refractivity contribution in [2.24, 2.45) is 0 Å². The second-order valence-electron chi connectivity index (χ2n) is 4.23. The Labute approximate surface area is 104 Å². The van der Waals surface area contributed by atoms with Crippen LogP contribution in [-0.4, -0.2) is 6.04 Å². The normalized spacial score (nSPS) is 12.6. The molecule has 0 radical (unpaired) electrons. The molecule has 1 aromatic carbocycles. The van der Waals surface area contributed by atoms with Gasteiger partial charge in [0.25, 0.3) is 0 Å². The van der Waals surface area contributed by atoms with Crippen molar-refractivity contribution >= 4 is 5.69 Å². The molecule has 5 heteroatoms. The van der Waals surface area contributed by atoms with Gasteiger partial charge >= 0.3 is 0 Å². The van der Waals surface area contributed by atoms with Crippen LogP contribution in [0.5, 0.6) is 0 Å². The average Bonchev–Trinajstić information content (AvgIpc) is 2.36. The van der Waals surface area contributed by atoms with Crippen LogP contribution in [0.4, 0.5) is 23.2 Å². The standard InChI is InChI=1S/C13H17F4N/c1-3-5-6-8(4-2)18-13-11(16)9(14)7-10(15)12(13)17/h7-8,18H,3-6H2,1-2H3. The summed E-state index contributed by atoms with van der Waals surface area (Å²) in [7, 11) is 0. The first kappa shape index (κ1) is 14.8. The van der Waals surface area contributed by atoms with Crippen LogP contribution in [0.1, 0.15) is 39.5 Å². The summed E-state index contributed by atoms with van der Waals surface area (Å²) in [6, 6.07) is 0.0122. The Morgan fingerprint density at radius 2 is 1.61 bits per heavy atom. The van der Waals surface area contributed by atoms with E-state index in [0.29, 0.717) is 12.8 Å². The van der Waals surface area contributed by atoms with Crippen molar-refractivity contribution in [3.63, 3.8) is 0 Å². The third-order valence-corrected chi connectivity index (χ3v) is 2.86. The van der Waals surface area contributed by atoms with Gasteiger partial charge in [-0.1, -0.05) is 26.7 Å². The summed E-state index contributed by atoms with van der Waals surface area (Å²) >= 11 is 0. The predicted octanol–water partition coefficient (Wildman–Crippen LogP) is 4.62. The van der Waals surface area contributed by atoms with Gasteiger partial charge in [-0.15, -0.1) is 0 Å². The molecule has 0 aliphatic heterocycles. The molecule has 1 atom stereocenters. The van der Waals surface area contributed by atoms with Crippen LogP contribution < -0.4 is 5.32 Å².